The fraction of sp³-hybridized carbons (Fsp3) is 0. The maximum absolute atomic E-state index is 9.56. The monoisotopic (exact) mass is 786 g/mol. The average molecular weight is 787 g/mol. The summed E-state index contributed by atoms with van der Waals surface area (Å²) in [6, 6.07) is 74.9. The van der Waals surface area contributed by atoms with Gasteiger partial charge in [-0.15, -0.1) is 0 Å². The third kappa shape index (κ3) is 5.79. The Bertz CT molecular complexity index is 3540. The SMILES string of the molecule is N#Cc1ccc2cc(-c3ccc4c5c(ccc(-c6ccc(-c7ccc(-c8nc(-c9ccccc9)nc(-c9ccccc9)n8)cc7)c7ccccc67)c35)-c3ccccc3-4)ccc2c1. The molecule has 0 amide bonds. The van der Waals surface area contributed by atoms with Gasteiger partial charge in [0.15, 0.2) is 17.5 Å². The highest BCUT2D eigenvalue weighted by Crippen LogP contribution is 2.53. The fourth-order valence-corrected chi connectivity index (χ4v) is 9.37. The summed E-state index contributed by atoms with van der Waals surface area (Å²) in [4.78, 5) is 14.8. The van der Waals surface area contributed by atoms with Crippen LogP contribution in [-0.4, -0.2) is 15.0 Å². The van der Waals surface area contributed by atoms with Crippen LogP contribution < -0.4 is 0 Å². The van der Waals surface area contributed by atoms with Crippen molar-refractivity contribution in [1.29, 1.82) is 5.26 Å². The second-order valence-corrected chi connectivity index (χ2v) is 15.8. The van der Waals surface area contributed by atoms with Crippen LogP contribution in [0.15, 0.2) is 206 Å². The average Bonchev–Trinajstić information content (AvgIpc) is 3.68. The molecule has 1 aromatic heterocycles. The summed E-state index contributed by atoms with van der Waals surface area (Å²) in [6.07, 6.45) is 0. The molecule has 0 aliphatic heterocycles. The van der Waals surface area contributed by atoms with E-state index in [0.717, 1.165) is 44.2 Å². The van der Waals surface area contributed by atoms with Gasteiger partial charge in [-0.2, -0.15) is 5.26 Å². The van der Waals surface area contributed by atoms with E-state index in [4.69, 9.17) is 15.0 Å². The van der Waals surface area contributed by atoms with Crippen LogP contribution in [0.4, 0.5) is 0 Å². The molecule has 12 rings (SSSR count). The molecule has 1 heterocycles. The summed E-state index contributed by atoms with van der Waals surface area (Å²) in [5.74, 6) is 1.92. The quantitative estimate of drug-likeness (QED) is 0.168. The summed E-state index contributed by atoms with van der Waals surface area (Å²) < 4.78 is 0. The van der Waals surface area contributed by atoms with Crippen LogP contribution in [0.1, 0.15) is 5.56 Å². The molecule has 4 nitrogen and oxygen atoms in total. The zero-order valence-corrected chi connectivity index (χ0v) is 33.4. The Labute approximate surface area is 358 Å². The lowest BCUT2D eigenvalue weighted by Gasteiger charge is -2.18. The molecule has 286 valence electrons. The summed E-state index contributed by atoms with van der Waals surface area (Å²) in [6.45, 7) is 0. The topological polar surface area (TPSA) is 62.5 Å². The molecule has 0 fully saturated rings. The van der Waals surface area contributed by atoms with Crippen molar-refractivity contribution >= 4 is 32.3 Å². The smallest absolute Gasteiger partial charge is 0.164 e. The third-order valence-electron chi connectivity index (χ3n) is 12.3. The van der Waals surface area contributed by atoms with Gasteiger partial charge in [-0.1, -0.05) is 188 Å². The minimum atomic E-state index is 0.632. The highest BCUT2D eigenvalue weighted by Gasteiger charge is 2.26. The van der Waals surface area contributed by atoms with Crippen LogP contribution in [0.5, 0.6) is 0 Å². The van der Waals surface area contributed by atoms with Gasteiger partial charge >= 0.3 is 0 Å². The van der Waals surface area contributed by atoms with Crippen LogP contribution >= 0.6 is 0 Å². The molecule has 11 aromatic rings. The predicted molar refractivity (Wildman–Crippen MR) is 254 cm³/mol. The maximum atomic E-state index is 9.56. The van der Waals surface area contributed by atoms with Crippen LogP contribution in [0.3, 0.4) is 0 Å². The maximum Gasteiger partial charge on any atom is 0.164 e. The molecule has 0 atom stereocenters. The number of benzene rings is 10. The van der Waals surface area contributed by atoms with E-state index in [-0.39, 0.29) is 0 Å². The van der Waals surface area contributed by atoms with Gasteiger partial charge < -0.3 is 0 Å². The van der Waals surface area contributed by atoms with Crippen LogP contribution in [0.25, 0.3) is 122 Å². The summed E-state index contributed by atoms with van der Waals surface area (Å²) in [5.41, 5.74) is 15.5. The fourth-order valence-electron chi connectivity index (χ4n) is 9.37. The predicted octanol–water partition coefficient (Wildman–Crippen LogP) is 14.9. The van der Waals surface area contributed by atoms with E-state index in [0.29, 0.717) is 23.0 Å². The summed E-state index contributed by atoms with van der Waals surface area (Å²) >= 11 is 0. The highest BCUT2D eigenvalue weighted by molar-refractivity contribution is 6.24. The number of nitrogens with zero attached hydrogens (tertiary/aromatic N) is 4. The molecular formula is C58H34N4. The van der Waals surface area contributed by atoms with E-state index in [1.807, 2.05) is 72.8 Å². The first kappa shape index (κ1) is 35.4. The van der Waals surface area contributed by atoms with Crippen molar-refractivity contribution in [2.75, 3.05) is 0 Å². The van der Waals surface area contributed by atoms with E-state index in [9.17, 15) is 5.26 Å². The first-order chi connectivity index (χ1) is 30.7. The first-order valence-electron chi connectivity index (χ1n) is 20.8. The van der Waals surface area contributed by atoms with Crippen LogP contribution in [0.2, 0.25) is 0 Å². The molecule has 4 heteroatoms. The second kappa shape index (κ2) is 14.3. The van der Waals surface area contributed by atoms with Crippen molar-refractivity contribution < 1.29 is 0 Å². The lowest BCUT2D eigenvalue weighted by Crippen LogP contribution is -2.00. The Morgan fingerprint density at radius 1 is 0.290 bits per heavy atom. The first-order valence-corrected chi connectivity index (χ1v) is 20.8. The molecule has 10 aromatic carbocycles. The lowest BCUT2D eigenvalue weighted by molar-refractivity contribution is 1.07. The standard InChI is InChI=1S/C58H34N4/c59-35-36-19-20-42-34-43(26-25-41(42)33-36)45-28-30-51-48-17-9-10-18-49(48)52-31-32-53(54(45)55(51)52)50-29-27-44(46-15-7-8-16-47(46)50)37-21-23-40(24-22-37)58-61-56(38-11-3-1-4-12-38)60-57(62-58)39-13-5-2-6-14-39/h1-34H. The third-order valence-corrected chi connectivity index (χ3v) is 12.3. The summed E-state index contributed by atoms with van der Waals surface area (Å²) in [7, 11) is 0. The zero-order chi connectivity index (χ0) is 41.1. The zero-order valence-electron chi connectivity index (χ0n) is 33.4. The molecular weight excluding hydrogens is 753 g/mol. The number of fused-ring (bicyclic) bond motifs is 5. The van der Waals surface area contributed by atoms with Crippen molar-refractivity contribution in [1.82, 2.24) is 15.0 Å². The molecule has 0 radical (unpaired) electrons. The number of nitriles is 1. The Balaban J connectivity index is 0.999. The van der Waals surface area contributed by atoms with Gasteiger partial charge in [0.05, 0.1) is 11.6 Å². The van der Waals surface area contributed by atoms with Gasteiger partial charge in [-0.3, -0.25) is 0 Å². The Kier molecular flexibility index (Phi) is 8.19. The highest BCUT2D eigenvalue weighted by atomic mass is 15.0. The minimum Gasteiger partial charge on any atom is -0.208 e. The largest absolute Gasteiger partial charge is 0.208 e. The van der Waals surface area contributed by atoms with Gasteiger partial charge in [-0.25, -0.2) is 15.0 Å². The molecule has 0 saturated carbocycles. The van der Waals surface area contributed by atoms with Gasteiger partial charge in [-0.05, 0) is 106 Å². The molecule has 0 spiro atoms. The summed E-state index contributed by atoms with van der Waals surface area (Å²) in [5, 5.41) is 16.6. The van der Waals surface area contributed by atoms with E-state index in [2.05, 4.69) is 140 Å². The molecule has 1 aliphatic rings. The molecule has 0 saturated heterocycles. The second-order valence-electron chi connectivity index (χ2n) is 15.8. The lowest BCUT2D eigenvalue weighted by atomic mass is 9.85. The van der Waals surface area contributed by atoms with Gasteiger partial charge in [0.2, 0.25) is 0 Å². The Hall–Kier alpha value is -8.52. The van der Waals surface area contributed by atoms with E-state index < -0.39 is 0 Å². The molecule has 62 heavy (non-hydrogen) atoms. The molecule has 0 unspecified atom stereocenters. The minimum absolute atomic E-state index is 0.632. The van der Waals surface area contributed by atoms with Crippen molar-refractivity contribution in [3.63, 3.8) is 0 Å². The number of hydrogen-bond donors (Lipinski definition) is 0. The number of hydrogen-bond acceptors (Lipinski definition) is 4. The normalized spacial score (nSPS) is 11.5. The van der Waals surface area contributed by atoms with E-state index in [1.54, 1.807) is 0 Å². The van der Waals surface area contributed by atoms with Crippen molar-refractivity contribution in [3.05, 3.63) is 212 Å². The van der Waals surface area contributed by atoms with E-state index in [1.165, 1.54) is 60.5 Å². The Morgan fingerprint density at radius 2 is 0.710 bits per heavy atom. The van der Waals surface area contributed by atoms with Gasteiger partial charge in [0, 0.05) is 16.7 Å². The van der Waals surface area contributed by atoms with Crippen LogP contribution in [0, 0.1) is 11.3 Å². The molecule has 0 bridgehead atoms. The van der Waals surface area contributed by atoms with Crippen molar-refractivity contribution in [3.8, 4) is 95.9 Å². The number of rotatable bonds is 6. The van der Waals surface area contributed by atoms with Crippen LogP contribution in [-0.2, 0) is 0 Å². The van der Waals surface area contributed by atoms with Gasteiger partial charge in [0.25, 0.3) is 0 Å². The van der Waals surface area contributed by atoms with Crippen molar-refractivity contribution in [2.24, 2.45) is 0 Å². The molecule has 0 N–H and O–H groups in total. The Morgan fingerprint density at radius 3 is 1.32 bits per heavy atom. The van der Waals surface area contributed by atoms with Gasteiger partial charge in [0.1, 0.15) is 0 Å². The molecule has 1 aliphatic carbocycles. The van der Waals surface area contributed by atoms with Crippen molar-refractivity contribution in [2.45, 2.75) is 0 Å². The number of aromatic nitrogens is 3. The van der Waals surface area contributed by atoms with E-state index >= 15 is 0 Å².